The Morgan fingerprint density at radius 3 is 2.62 bits per heavy atom. The molecular weight excluding hydrogens is 342 g/mol. The lowest BCUT2D eigenvalue weighted by Crippen LogP contribution is -2.30. The number of phenols is 1. The van der Waals surface area contributed by atoms with Crippen LogP contribution in [0.4, 0.5) is 11.4 Å². The molecule has 0 radical (unpaired) electrons. The maximum Gasteiger partial charge on any atom is 0.342 e. The van der Waals surface area contributed by atoms with Gasteiger partial charge in [0.05, 0.1) is 16.2 Å². The molecule has 0 bridgehead atoms. The normalized spacial score (nSPS) is 11.1. The van der Waals surface area contributed by atoms with Gasteiger partial charge in [0.1, 0.15) is 17.4 Å². The molecule has 0 unspecified atom stereocenters. The lowest BCUT2D eigenvalue weighted by Gasteiger charge is -2.14. The Bertz CT molecular complexity index is 919. The number of ether oxygens (including phenoxy) is 1. The van der Waals surface area contributed by atoms with Crippen molar-refractivity contribution in [3.63, 3.8) is 0 Å². The SMILES string of the molecule is C[C@@H](OC(=O)c1ccccc1O)C(=O)Nc1ccc([N+](=O)[O-])cc1C#N. The second-order valence-electron chi connectivity index (χ2n) is 5.15. The van der Waals surface area contributed by atoms with Crippen LogP contribution in [-0.4, -0.2) is 28.0 Å². The minimum atomic E-state index is -1.23. The van der Waals surface area contributed by atoms with E-state index in [-0.39, 0.29) is 28.3 Å². The minimum Gasteiger partial charge on any atom is -0.507 e. The van der Waals surface area contributed by atoms with Gasteiger partial charge < -0.3 is 15.2 Å². The molecule has 2 rings (SSSR count). The molecule has 1 amide bonds. The van der Waals surface area contributed by atoms with E-state index in [0.717, 1.165) is 12.1 Å². The third-order valence-corrected chi connectivity index (χ3v) is 3.37. The summed E-state index contributed by atoms with van der Waals surface area (Å²) in [6.07, 6.45) is -1.23. The second-order valence-corrected chi connectivity index (χ2v) is 5.15. The lowest BCUT2D eigenvalue weighted by atomic mass is 10.1. The van der Waals surface area contributed by atoms with Crippen molar-refractivity contribution < 1.29 is 24.4 Å². The smallest absolute Gasteiger partial charge is 0.342 e. The van der Waals surface area contributed by atoms with Crippen molar-refractivity contribution >= 4 is 23.3 Å². The Hall–Kier alpha value is -3.93. The van der Waals surface area contributed by atoms with E-state index in [1.54, 1.807) is 6.07 Å². The summed E-state index contributed by atoms with van der Waals surface area (Å²) >= 11 is 0. The number of aromatic hydroxyl groups is 1. The van der Waals surface area contributed by atoms with E-state index in [1.165, 1.54) is 37.3 Å². The Labute approximate surface area is 147 Å². The molecule has 9 nitrogen and oxygen atoms in total. The standard InChI is InChI=1S/C17H13N3O6/c1-10(26-17(23)13-4-2-3-5-15(13)21)16(22)19-14-7-6-12(20(24)25)8-11(14)9-18/h2-8,10,21H,1H3,(H,19,22)/t10-/m1/s1. The van der Waals surface area contributed by atoms with Gasteiger partial charge in [-0.3, -0.25) is 14.9 Å². The number of benzene rings is 2. The number of nitrogens with one attached hydrogen (secondary N) is 1. The molecule has 0 aliphatic heterocycles. The number of esters is 1. The number of carbonyl (C=O) groups is 2. The first kappa shape index (κ1) is 18.4. The van der Waals surface area contributed by atoms with Crippen molar-refractivity contribution in [2.45, 2.75) is 13.0 Å². The monoisotopic (exact) mass is 355 g/mol. The molecule has 1 atom stereocenters. The van der Waals surface area contributed by atoms with Crippen molar-refractivity contribution in [1.29, 1.82) is 5.26 Å². The van der Waals surface area contributed by atoms with Gasteiger partial charge >= 0.3 is 5.97 Å². The molecule has 0 saturated heterocycles. The number of hydrogen-bond acceptors (Lipinski definition) is 7. The molecular formula is C17H13N3O6. The van der Waals surface area contributed by atoms with E-state index >= 15 is 0 Å². The van der Waals surface area contributed by atoms with Crippen LogP contribution in [0.3, 0.4) is 0 Å². The van der Waals surface area contributed by atoms with Crippen molar-refractivity contribution in [1.82, 2.24) is 0 Å². The summed E-state index contributed by atoms with van der Waals surface area (Å²) in [6, 6.07) is 10.8. The molecule has 0 fully saturated rings. The first-order chi connectivity index (χ1) is 12.3. The van der Waals surface area contributed by atoms with Crippen molar-refractivity contribution in [2.75, 3.05) is 5.32 Å². The van der Waals surface area contributed by atoms with E-state index in [2.05, 4.69) is 5.32 Å². The van der Waals surface area contributed by atoms with Gasteiger partial charge in [0.2, 0.25) is 0 Å². The maximum absolute atomic E-state index is 12.2. The zero-order chi connectivity index (χ0) is 19.3. The van der Waals surface area contributed by atoms with Gasteiger partial charge in [-0.15, -0.1) is 0 Å². The van der Waals surface area contributed by atoms with Crippen LogP contribution in [-0.2, 0) is 9.53 Å². The third-order valence-electron chi connectivity index (χ3n) is 3.37. The van der Waals surface area contributed by atoms with E-state index in [4.69, 9.17) is 10.00 Å². The van der Waals surface area contributed by atoms with Crippen LogP contribution in [0, 0.1) is 21.4 Å². The largest absolute Gasteiger partial charge is 0.507 e. The zero-order valence-electron chi connectivity index (χ0n) is 13.5. The molecule has 0 aliphatic carbocycles. The third kappa shape index (κ3) is 4.12. The summed E-state index contributed by atoms with van der Waals surface area (Å²) < 4.78 is 4.98. The van der Waals surface area contributed by atoms with Gasteiger partial charge in [-0.1, -0.05) is 12.1 Å². The summed E-state index contributed by atoms with van der Waals surface area (Å²) in [6.45, 7) is 1.31. The van der Waals surface area contributed by atoms with Gasteiger partial charge in [-0.25, -0.2) is 4.79 Å². The lowest BCUT2D eigenvalue weighted by molar-refractivity contribution is -0.384. The van der Waals surface area contributed by atoms with E-state index in [0.29, 0.717) is 0 Å². The molecule has 0 saturated carbocycles. The number of phenolic OH excluding ortho intramolecular Hbond substituents is 1. The highest BCUT2D eigenvalue weighted by molar-refractivity contribution is 5.99. The number of nitrogens with zero attached hydrogens (tertiary/aromatic N) is 2. The number of nitriles is 1. The molecule has 2 aromatic rings. The highest BCUT2D eigenvalue weighted by Crippen LogP contribution is 2.22. The van der Waals surface area contributed by atoms with Crippen LogP contribution in [0.15, 0.2) is 42.5 Å². The number of amides is 1. The number of nitro groups is 1. The fourth-order valence-corrected chi connectivity index (χ4v) is 2.01. The Balaban J connectivity index is 2.10. The first-order valence-electron chi connectivity index (χ1n) is 7.32. The number of carbonyl (C=O) groups excluding carboxylic acids is 2. The molecule has 26 heavy (non-hydrogen) atoms. The summed E-state index contributed by atoms with van der Waals surface area (Å²) in [5.41, 5.74) is -0.445. The van der Waals surface area contributed by atoms with Gasteiger partial charge in [-0.05, 0) is 25.1 Å². The quantitative estimate of drug-likeness (QED) is 0.476. The second kappa shape index (κ2) is 7.76. The summed E-state index contributed by atoms with van der Waals surface area (Å²) in [5.74, 6) is -1.92. The fraction of sp³-hybridized carbons (Fsp3) is 0.118. The molecule has 2 N–H and O–H groups in total. The molecule has 0 aromatic heterocycles. The first-order valence-corrected chi connectivity index (χ1v) is 7.32. The van der Waals surface area contributed by atoms with Gasteiger partial charge in [0.25, 0.3) is 11.6 Å². The average molecular weight is 355 g/mol. The van der Waals surface area contributed by atoms with Gasteiger partial charge in [0, 0.05) is 12.1 Å². The van der Waals surface area contributed by atoms with Gasteiger partial charge in [-0.2, -0.15) is 5.26 Å². The topological polar surface area (TPSA) is 143 Å². The number of hydrogen-bond donors (Lipinski definition) is 2. The van der Waals surface area contributed by atoms with Crippen molar-refractivity contribution in [3.05, 3.63) is 63.7 Å². The predicted octanol–water partition coefficient (Wildman–Crippen LogP) is 2.36. The van der Waals surface area contributed by atoms with E-state index < -0.39 is 22.9 Å². The highest BCUT2D eigenvalue weighted by Gasteiger charge is 2.22. The molecule has 0 spiro atoms. The Morgan fingerprint density at radius 2 is 2.00 bits per heavy atom. The van der Waals surface area contributed by atoms with E-state index in [9.17, 15) is 24.8 Å². The van der Waals surface area contributed by atoms with Crippen LogP contribution >= 0.6 is 0 Å². The van der Waals surface area contributed by atoms with Crippen molar-refractivity contribution in [2.24, 2.45) is 0 Å². The molecule has 0 heterocycles. The van der Waals surface area contributed by atoms with E-state index in [1.807, 2.05) is 0 Å². The van der Waals surface area contributed by atoms with Crippen LogP contribution in [0.1, 0.15) is 22.8 Å². The minimum absolute atomic E-state index is 0.0496. The van der Waals surface area contributed by atoms with Crippen LogP contribution < -0.4 is 5.32 Å². The number of anilines is 1. The summed E-state index contributed by atoms with van der Waals surface area (Å²) in [4.78, 5) is 34.2. The average Bonchev–Trinajstić information content (AvgIpc) is 2.61. The highest BCUT2D eigenvalue weighted by atomic mass is 16.6. The Morgan fingerprint density at radius 1 is 1.31 bits per heavy atom. The van der Waals surface area contributed by atoms with Crippen LogP contribution in [0.2, 0.25) is 0 Å². The molecule has 9 heteroatoms. The fourth-order valence-electron chi connectivity index (χ4n) is 2.01. The number of rotatable bonds is 5. The van der Waals surface area contributed by atoms with Gasteiger partial charge in [0.15, 0.2) is 6.10 Å². The maximum atomic E-state index is 12.2. The molecule has 2 aromatic carbocycles. The number of nitro benzene ring substituents is 1. The number of para-hydroxylation sites is 1. The molecule has 0 aliphatic rings. The summed E-state index contributed by atoms with van der Waals surface area (Å²) in [7, 11) is 0. The molecule has 132 valence electrons. The van der Waals surface area contributed by atoms with Crippen LogP contribution in [0.5, 0.6) is 5.75 Å². The Kier molecular flexibility index (Phi) is 5.49. The summed E-state index contributed by atoms with van der Waals surface area (Å²) in [5, 5.41) is 31.8. The van der Waals surface area contributed by atoms with Crippen LogP contribution in [0.25, 0.3) is 0 Å². The predicted molar refractivity (Wildman–Crippen MR) is 89.4 cm³/mol. The zero-order valence-corrected chi connectivity index (χ0v) is 13.5. The number of non-ortho nitro benzene ring substituents is 1. The van der Waals surface area contributed by atoms with Crippen molar-refractivity contribution in [3.8, 4) is 11.8 Å².